The molecule has 0 saturated carbocycles. The van der Waals surface area contributed by atoms with Gasteiger partial charge < -0.3 is 24.4 Å². The van der Waals surface area contributed by atoms with Crippen LogP contribution in [0.2, 0.25) is 5.02 Å². The first kappa shape index (κ1) is 25.1. The van der Waals surface area contributed by atoms with E-state index in [1.54, 1.807) is 46.4 Å². The van der Waals surface area contributed by atoms with Gasteiger partial charge in [0.1, 0.15) is 17.3 Å². The van der Waals surface area contributed by atoms with Gasteiger partial charge in [-0.05, 0) is 30.7 Å². The Bertz CT molecular complexity index is 1570. The van der Waals surface area contributed by atoms with Gasteiger partial charge in [0.15, 0.2) is 22.8 Å². The van der Waals surface area contributed by atoms with Crippen molar-refractivity contribution in [2.45, 2.75) is 32.2 Å². The Kier molecular flexibility index (Phi) is 6.53. The number of aromatic nitrogens is 6. The van der Waals surface area contributed by atoms with Crippen LogP contribution in [0.4, 0.5) is 0 Å². The first-order valence-electron chi connectivity index (χ1n) is 12.3. The van der Waals surface area contributed by atoms with Gasteiger partial charge >= 0.3 is 0 Å². The van der Waals surface area contributed by atoms with Gasteiger partial charge in [0.2, 0.25) is 0 Å². The van der Waals surface area contributed by atoms with Crippen molar-refractivity contribution >= 4 is 29.1 Å². The van der Waals surface area contributed by atoms with Gasteiger partial charge in [-0.25, -0.2) is 14.2 Å². The fraction of sp³-hybridized carbons (Fsp3) is 0.360. The Morgan fingerprint density at radius 2 is 2.13 bits per heavy atom. The van der Waals surface area contributed by atoms with Crippen molar-refractivity contribution in [3.05, 3.63) is 64.3 Å². The first-order chi connectivity index (χ1) is 18.9. The Labute approximate surface area is 227 Å². The standard InChI is InChI=1S/C25H25ClN8O5/c1-14-8-27-23-21(26)22(30-34(23)9-14)25(36)32-11-17-20(12-32)39-13-16-10-33(31-29-16)5-6-38-19-7-15(24(35)28-17)3-4-18(19)37-2/h3-4,7-10,17,20H,5-6,11-13H2,1-2H3,(H,28,35)/t17-,20-/m0/s1. The van der Waals surface area contributed by atoms with Crippen molar-refractivity contribution in [2.24, 2.45) is 0 Å². The van der Waals surface area contributed by atoms with E-state index in [1.165, 1.54) is 11.6 Å². The van der Waals surface area contributed by atoms with Gasteiger partial charge in [-0.3, -0.25) is 9.59 Å². The maximum Gasteiger partial charge on any atom is 0.276 e. The summed E-state index contributed by atoms with van der Waals surface area (Å²) < 4.78 is 20.6. The second-order valence-corrected chi connectivity index (χ2v) is 9.77. The number of carbonyl (C=O) groups is 2. The molecule has 2 aliphatic rings. The van der Waals surface area contributed by atoms with Crippen LogP contribution in [-0.2, 0) is 17.9 Å². The lowest BCUT2D eigenvalue weighted by Gasteiger charge is -2.20. The lowest BCUT2D eigenvalue weighted by Crippen LogP contribution is -2.44. The molecule has 2 atom stereocenters. The van der Waals surface area contributed by atoms with E-state index in [-0.39, 0.29) is 42.2 Å². The number of methoxy groups -OCH3 is 1. The van der Waals surface area contributed by atoms with Crippen molar-refractivity contribution in [1.82, 2.24) is 39.8 Å². The van der Waals surface area contributed by atoms with Crippen LogP contribution in [0.1, 0.15) is 32.1 Å². The van der Waals surface area contributed by atoms with E-state index in [1.807, 2.05) is 6.92 Å². The minimum Gasteiger partial charge on any atom is -0.493 e. The van der Waals surface area contributed by atoms with E-state index >= 15 is 0 Å². The topological polar surface area (TPSA) is 138 Å². The van der Waals surface area contributed by atoms with Gasteiger partial charge in [-0.1, -0.05) is 16.8 Å². The number of halogens is 1. The number of nitrogens with one attached hydrogen (secondary N) is 1. The van der Waals surface area contributed by atoms with Crippen LogP contribution in [0, 0.1) is 6.92 Å². The second-order valence-electron chi connectivity index (χ2n) is 9.39. The van der Waals surface area contributed by atoms with E-state index < -0.39 is 12.1 Å². The maximum atomic E-state index is 13.5. The van der Waals surface area contributed by atoms with E-state index in [9.17, 15) is 9.59 Å². The van der Waals surface area contributed by atoms with Crippen LogP contribution in [-0.4, -0.2) is 85.3 Å². The summed E-state index contributed by atoms with van der Waals surface area (Å²) in [5.41, 5.74) is 2.35. The van der Waals surface area contributed by atoms with Crippen LogP contribution >= 0.6 is 11.6 Å². The number of likely N-dealkylation sites (tertiary alicyclic amines) is 1. The molecule has 1 N–H and O–H groups in total. The highest BCUT2D eigenvalue weighted by molar-refractivity contribution is 6.36. The van der Waals surface area contributed by atoms with Gasteiger partial charge in [-0.15, -0.1) is 5.10 Å². The molecule has 0 spiro atoms. The average Bonchev–Trinajstić information content (AvgIpc) is 3.64. The SMILES string of the molecule is COc1ccc2cc1OCCn1cc(nn1)CO[C@H]1CN(C(=O)c3nn4cc(C)cnc4c3Cl)C[C@@H]1NC2=O. The molecule has 13 nitrogen and oxygen atoms in total. The quantitative estimate of drug-likeness (QED) is 0.392. The summed E-state index contributed by atoms with van der Waals surface area (Å²) in [6, 6.07) is 4.45. The minimum absolute atomic E-state index is 0.0857. The fourth-order valence-corrected chi connectivity index (χ4v) is 4.93. The molecule has 0 unspecified atom stereocenters. The molecule has 14 heteroatoms. The zero-order valence-corrected chi connectivity index (χ0v) is 22.0. The molecule has 1 fully saturated rings. The molecular formula is C25H25ClN8O5. The van der Waals surface area contributed by atoms with Crippen LogP contribution in [0.25, 0.3) is 5.65 Å². The number of benzene rings is 1. The fourth-order valence-electron chi connectivity index (χ4n) is 4.67. The third kappa shape index (κ3) is 4.86. The van der Waals surface area contributed by atoms with Crippen molar-refractivity contribution in [3.8, 4) is 11.5 Å². The highest BCUT2D eigenvalue weighted by Gasteiger charge is 2.39. The number of rotatable bonds is 2. The predicted octanol–water partition coefficient (Wildman–Crippen LogP) is 1.52. The largest absolute Gasteiger partial charge is 0.493 e. The molecule has 2 amide bonds. The summed E-state index contributed by atoms with van der Waals surface area (Å²) in [5.74, 6) is 0.221. The van der Waals surface area contributed by atoms with Crippen molar-refractivity contribution in [3.63, 3.8) is 0 Å². The lowest BCUT2D eigenvalue weighted by atomic mass is 10.1. The van der Waals surface area contributed by atoms with Crippen LogP contribution in [0.3, 0.4) is 0 Å². The highest BCUT2D eigenvalue weighted by atomic mass is 35.5. The maximum absolute atomic E-state index is 13.5. The lowest BCUT2D eigenvalue weighted by molar-refractivity contribution is 0.0290. The monoisotopic (exact) mass is 552 g/mol. The first-order valence-corrected chi connectivity index (χ1v) is 12.7. The predicted molar refractivity (Wildman–Crippen MR) is 137 cm³/mol. The van der Waals surface area contributed by atoms with E-state index in [0.29, 0.717) is 41.6 Å². The Balaban J connectivity index is 1.29. The molecule has 0 aliphatic carbocycles. The minimum atomic E-state index is -0.515. The van der Waals surface area contributed by atoms with Crippen molar-refractivity contribution in [2.75, 3.05) is 26.8 Å². The molecule has 202 valence electrons. The van der Waals surface area contributed by atoms with Crippen LogP contribution in [0.15, 0.2) is 36.8 Å². The Morgan fingerprint density at radius 3 is 2.97 bits per heavy atom. The zero-order chi connectivity index (χ0) is 27.1. The van der Waals surface area contributed by atoms with Crippen LogP contribution < -0.4 is 14.8 Å². The van der Waals surface area contributed by atoms with Gasteiger partial charge in [0.05, 0.1) is 38.6 Å². The summed E-state index contributed by atoms with van der Waals surface area (Å²) in [5, 5.41) is 15.8. The Morgan fingerprint density at radius 1 is 1.26 bits per heavy atom. The number of hydrogen-bond acceptors (Lipinski definition) is 9. The van der Waals surface area contributed by atoms with E-state index in [0.717, 1.165) is 5.56 Å². The molecule has 3 aromatic heterocycles. The molecule has 6 rings (SSSR count). The second kappa shape index (κ2) is 10.2. The molecule has 4 bridgehead atoms. The molecule has 39 heavy (non-hydrogen) atoms. The summed E-state index contributed by atoms with van der Waals surface area (Å²) in [6.45, 7) is 3.17. The molecule has 4 aromatic rings. The van der Waals surface area contributed by atoms with Gasteiger partial charge in [0, 0.05) is 31.0 Å². The number of carbonyl (C=O) groups excluding carboxylic acids is 2. The molecule has 1 saturated heterocycles. The summed E-state index contributed by atoms with van der Waals surface area (Å²) in [7, 11) is 1.53. The zero-order valence-electron chi connectivity index (χ0n) is 21.2. The third-order valence-corrected chi connectivity index (χ3v) is 7.00. The summed E-state index contributed by atoms with van der Waals surface area (Å²) >= 11 is 6.49. The van der Waals surface area contributed by atoms with E-state index in [4.69, 9.17) is 25.8 Å². The number of fused-ring (bicyclic) bond motifs is 6. The molecule has 1 aromatic carbocycles. The molecular weight excluding hydrogens is 528 g/mol. The number of ether oxygens (including phenoxy) is 3. The number of aryl methyl sites for hydroxylation is 1. The van der Waals surface area contributed by atoms with Crippen molar-refractivity contribution < 1.29 is 23.8 Å². The Hall–Kier alpha value is -4.23. The average molecular weight is 553 g/mol. The molecule has 5 heterocycles. The summed E-state index contributed by atoms with van der Waals surface area (Å²) in [6.07, 6.45) is 4.66. The summed E-state index contributed by atoms with van der Waals surface area (Å²) in [4.78, 5) is 32.7. The highest BCUT2D eigenvalue weighted by Crippen LogP contribution is 2.29. The number of hydrogen-bond donors (Lipinski definition) is 1. The smallest absolute Gasteiger partial charge is 0.276 e. The third-order valence-electron chi connectivity index (χ3n) is 6.65. The van der Waals surface area contributed by atoms with Gasteiger partial charge in [0.25, 0.3) is 11.8 Å². The van der Waals surface area contributed by atoms with Crippen LogP contribution in [0.5, 0.6) is 11.5 Å². The number of amides is 2. The molecule has 0 radical (unpaired) electrons. The van der Waals surface area contributed by atoms with Crippen molar-refractivity contribution in [1.29, 1.82) is 0 Å². The molecule has 2 aliphatic heterocycles. The normalized spacial score (nSPS) is 19.6. The number of nitrogens with zero attached hydrogens (tertiary/aromatic N) is 7. The van der Waals surface area contributed by atoms with E-state index in [2.05, 4.69) is 25.7 Å². The van der Waals surface area contributed by atoms with Gasteiger partial charge in [-0.2, -0.15) is 5.10 Å².